The Labute approximate surface area is 71.4 Å². The Balaban J connectivity index is 2.08. The fraction of sp³-hybridized carbons (Fsp3) is 0.556. The van der Waals surface area contributed by atoms with Crippen LogP contribution in [0.15, 0.2) is 12.3 Å². The van der Waals surface area contributed by atoms with E-state index in [1.165, 1.54) is 0 Å². The lowest BCUT2D eigenvalue weighted by Gasteiger charge is -2.01. The van der Waals surface area contributed by atoms with Crippen LogP contribution in [0.4, 0.5) is 0 Å². The summed E-state index contributed by atoms with van der Waals surface area (Å²) in [6.07, 6.45) is 5.88. The van der Waals surface area contributed by atoms with E-state index in [1.807, 2.05) is 19.3 Å². The van der Waals surface area contributed by atoms with Crippen molar-refractivity contribution in [3.8, 4) is 0 Å². The summed E-state index contributed by atoms with van der Waals surface area (Å²) in [5, 5.41) is 4.24. The Bertz CT molecular complexity index is 299. The third kappa shape index (κ3) is 1.26. The second-order valence-corrected chi connectivity index (χ2v) is 3.64. The summed E-state index contributed by atoms with van der Waals surface area (Å²) in [4.78, 5) is 10.7. The average molecular weight is 164 g/mol. The van der Waals surface area contributed by atoms with Gasteiger partial charge in [-0.2, -0.15) is 5.10 Å². The molecule has 1 aromatic rings. The van der Waals surface area contributed by atoms with E-state index in [2.05, 4.69) is 5.10 Å². The largest absolute Gasteiger partial charge is 0.303 e. The monoisotopic (exact) mass is 164 g/mol. The normalized spacial score (nSPS) is 19.1. The van der Waals surface area contributed by atoms with E-state index < -0.39 is 0 Å². The molecule has 1 saturated carbocycles. The molecule has 0 aliphatic heterocycles. The Morgan fingerprint density at radius 1 is 1.75 bits per heavy atom. The standard InChI is InChI=1S/C9H12N2O/c1-11-5-2-8(10-11)6-9(7-12)3-4-9/h2,5,7H,3-4,6H2,1H3. The second kappa shape index (κ2) is 2.44. The number of rotatable bonds is 3. The van der Waals surface area contributed by atoms with E-state index in [0.717, 1.165) is 31.2 Å². The van der Waals surface area contributed by atoms with Gasteiger partial charge in [-0.05, 0) is 18.9 Å². The molecule has 3 nitrogen and oxygen atoms in total. The van der Waals surface area contributed by atoms with Crippen molar-refractivity contribution in [3.63, 3.8) is 0 Å². The lowest BCUT2D eigenvalue weighted by atomic mass is 10.0. The van der Waals surface area contributed by atoms with Crippen LogP contribution in [0.5, 0.6) is 0 Å². The highest BCUT2D eigenvalue weighted by atomic mass is 16.1. The molecule has 0 aromatic carbocycles. The summed E-state index contributed by atoms with van der Waals surface area (Å²) >= 11 is 0. The number of aldehydes is 1. The van der Waals surface area contributed by atoms with Crippen molar-refractivity contribution in [2.75, 3.05) is 0 Å². The maximum Gasteiger partial charge on any atom is 0.126 e. The molecule has 0 unspecified atom stereocenters. The SMILES string of the molecule is Cn1ccc(CC2(C=O)CC2)n1. The minimum Gasteiger partial charge on any atom is -0.303 e. The number of nitrogens with zero attached hydrogens (tertiary/aromatic N) is 2. The number of carbonyl (C=O) groups is 1. The Kier molecular flexibility index (Phi) is 1.53. The van der Waals surface area contributed by atoms with Crippen LogP contribution in [0.3, 0.4) is 0 Å². The van der Waals surface area contributed by atoms with Gasteiger partial charge in [0.05, 0.1) is 5.69 Å². The fourth-order valence-electron chi connectivity index (χ4n) is 1.42. The third-order valence-corrected chi connectivity index (χ3v) is 2.44. The van der Waals surface area contributed by atoms with Gasteiger partial charge in [0.1, 0.15) is 6.29 Å². The lowest BCUT2D eigenvalue weighted by Crippen LogP contribution is -2.06. The van der Waals surface area contributed by atoms with E-state index in [4.69, 9.17) is 0 Å². The van der Waals surface area contributed by atoms with Crippen LogP contribution in [0.2, 0.25) is 0 Å². The topological polar surface area (TPSA) is 34.9 Å². The molecule has 0 bridgehead atoms. The van der Waals surface area contributed by atoms with Gasteiger partial charge < -0.3 is 4.79 Å². The van der Waals surface area contributed by atoms with Crippen molar-refractivity contribution in [2.24, 2.45) is 12.5 Å². The molecule has 1 aromatic heterocycles. The minimum absolute atomic E-state index is 0.0473. The van der Waals surface area contributed by atoms with E-state index in [-0.39, 0.29) is 5.41 Å². The van der Waals surface area contributed by atoms with Gasteiger partial charge in [0.15, 0.2) is 0 Å². The first-order valence-electron chi connectivity index (χ1n) is 4.19. The molecule has 64 valence electrons. The van der Waals surface area contributed by atoms with Crippen molar-refractivity contribution in [1.82, 2.24) is 9.78 Å². The zero-order chi connectivity index (χ0) is 8.60. The van der Waals surface area contributed by atoms with Crippen molar-refractivity contribution >= 4 is 6.29 Å². The lowest BCUT2D eigenvalue weighted by molar-refractivity contribution is -0.112. The fourth-order valence-corrected chi connectivity index (χ4v) is 1.42. The molecule has 0 amide bonds. The summed E-state index contributed by atoms with van der Waals surface area (Å²) in [5.41, 5.74) is 0.982. The van der Waals surface area contributed by atoms with Crippen LogP contribution in [0, 0.1) is 5.41 Å². The molecule has 3 heteroatoms. The van der Waals surface area contributed by atoms with Crippen LogP contribution in [-0.4, -0.2) is 16.1 Å². The molecule has 0 N–H and O–H groups in total. The van der Waals surface area contributed by atoms with Crippen molar-refractivity contribution < 1.29 is 4.79 Å². The molecule has 1 aliphatic carbocycles. The van der Waals surface area contributed by atoms with E-state index in [9.17, 15) is 4.79 Å². The number of aromatic nitrogens is 2. The molecule has 1 heterocycles. The van der Waals surface area contributed by atoms with Crippen LogP contribution >= 0.6 is 0 Å². The molecule has 0 spiro atoms. The molecule has 0 atom stereocenters. The maximum absolute atomic E-state index is 10.7. The van der Waals surface area contributed by atoms with Gasteiger partial charge in [-0.15, -0.1) is 0 Å². The van der Waals surface area contributed by atoms with Crippen molar-refractivity contribution in [1.29, 1.82) is 0 Å². The molecule has 2 rings (SSSR count). The first kappa shape index (κ1) is 7.53. The molecular weight excluding hydrogens is 152 g/mol. The molecule has 1 aliphatic rings. The quantitative estimate of drug-likeness (QED) is 0.623. The van der Waals surface area contributed by atoms with Crippen LogP contribution in [-0.2, 0) is 18.3 Å². The smallest absolute Gasteiger partial charge is 0.126 e. The van der Waals surface area contributed by atoms with Gasteiger partial charge in [0.2, 0.25) is 0 Å². The van der Waals surface area contributed by atoms with Crippen LogP contribution in [0.25, 0.3) is 0 Å². The first-order chi connectivity index (χ1) is 5.74. The Morgan fingerprint density at radius 3 is 2.92 bits per heavy atom. The van der Waals surface area contributed by atoms with Gasteiger partial charge in [-0.1, -0.05) is 0 Å². The minimum atomic E-state index is -0.0473. The summed E-state index contributed by atoms with van der Waals surface area (Å²) in [6, 6.07) is 1.98. The first-order valence-corrected chi connectivity index (χ1v) is 4.19. The van der Waals surface area contributed by atoms with Crippen molar-refractivity contribution in [3.05, 3.63) is 18.0 Å². The maximum atomic E-state index is 10.7. The van der Waals surface area contributed by atoms with Gasteiger partial charge in [-0.25, -0.2) is 0 Å². The summed E-state index contributed by atoms with van der Waals surface area (Å²) < 4.78 is 1.77. The number of hydrogen-bond acceptors (Lipinski definition) is 2. The Morgan fingerprint density at radius 2 is 2.50 bits per heavy atom. The van der Waals surface area contributed by atoms with Gasteiger partial charge in [-0.3, -0.25) is 4.68 Å². The highest BCUT2D eigenvalue weighted by Crippen LogP contribution is 2.45. The summed E-state index contributed by atoms with van der Waals surface area (Å²) in [6.45, 7) is 0. The molecule has 0 saturated heterocycles. The zero-order valence-corrected chi connectivity index (χ0v) is 7.16. The highest BCUT2D eigenvalue weighted by molar-refractivity contribution is 5.64. The second-order valence-electron chi connectivity index (χ2n) is 3.64. The average Bonchev–Trinajstić information content (AvgIpc) is 2.71. The van der Waals surface area contributed by atoms with E-state index >= 15 is 0 Å². The summed E-state index contributed by atoms with van der Waals surface area (Å²) in [5.74, 6) is 0. The predicted molar refractivity (Wildman–Crippen MR) is 44.6 cm³/mol. The molecule has 1 fully saturated rings. The van der Waals surface area contributed by atoms with Crippen molar-refractivity contribution in [2.45, 2.75) is 19.3 Å². The third-order valence-electron chi connectivity index (χ3n) is 2.44. The predicted octanol–water partition coefficient (Wildman–Crippen LogP) is 0.942. The van der Waals surface area contributed by atoms with E-state index in [0.29, 0.717) is 0 Å². The van der Waals surface area contributed by atoms with Gasteiger partial charge >= 0.3 is 0 Å². The number of carbonyl (C=O) groups excluding carboxylic acids is 1. The number of aryl methyl sites for hydroxylation is 1. The molecular formula is C9H12N2O. The van der Waals surface area contributed by atoms with E-state index in [1.54, 1.807) is 4.68 Å². The highest BCUT2D eigenvalue weighted by Gasteiger charge is 2.42. The van der Waals surface area contributed by atoms with Gasteiger partial charge in [0.25, 0.3) is 0 Å². The Hall–Kier alpha value is -1.12. The molecule has 12 heavy (non-hydrogen) atoms. The number of hydrogen-bond donors (Lipinski definition) is 0. The molecule has 0 radical (unpaired) electrons. The van der Waals surface area contributed by atoms with Crippen LogP contribution < -0.4 is 0 Å². The zero-order valence-electron chi connectivity index (χ0n) is 7.16. The van der Waals surface area contributed by atoms with Crippen LogP contribution in [0.1, 0.15) is 18.5 Å². The van der Waals surface area contributed by atoms with Gasteiger partial charge in [0, 0.05) is 25.1 Å². The summed E-state index contributed by atoms with van der Waals surface area (Å²) in [7, 11) is 1.89.